The normalized spacial score (nSPS) is 20.3. The van der Waals surface area contributed by atoms with Crippen LogP contribution in [0.25, 0.3) is 11.0 Å². The summed E-state index contributed by atoms with van der Waals surface area (Å²) in [5.41, 5.74) is 1.33. The monoisotopic (exact) mass is 585 g/mol. The maximum Gasteiger partial charge on any atom is 0.418 e. The molecule has 5 heterocycles. The number of aromatic nitrogens is 3. The number of anilines is 3. The number of nitrogens with zero attached hydrogens (tertiary/aromatic N) is 4. The molecular weight excluding hydrogens is 551 g/mol. The molecule has 0 spiro atoms. The standard InChI is InChI=1S/C29H34F3N7O3/c30-29(31,32)21-16-33-25-23(21)26(34-17-3-4-17)37-28(36-25)35-22-6-5-20(19-2-1-13-42-24(19)22)27(40)39-9-7-18(8-10-39)38-11-14-41-15-12-38/h5-6,16-18H,1-4,7-15H2,(H3,33,34,35,36,37). The van der Waals surface area contributed by atoms with E-state index >= 15 is 0 Å². The van der Waals surface area contributed by atoms with E-state index in [9.17, 15) is 18.0 Å². The summed E-state index contributed by atoms with van der Waals surface area (Å²) in [4.78, 5) is 29.6. The molecule has 10 nitrogen and oxygen atoms in total. The van der Waals surface area contributed by atoms with E-state index in [0.29, 0.717) is 49.2 Å². The minimum absolute atomic E-state index is 0.00313. The Morgan fingerprint density at radius 1 is 1.02 bits per heavy atom. The number of halogens is 3. The average molecular weight is 586 g/mol. The van der Waals surface area contributed by atoms with Gasteiger partial charge in [0.1, 0.15) is 17.2 Å². The molecule has 13 heteroatoms. The molecule has 1 aliphatic carbocycles. The van der Waals surface area contributed by atoms with E-state index in [-0.39, 0.29) is 34.7 Å². The fourth-order valence-corrected chi connectivity index (χ4v) is 6.27. The second kappa shape index (κ2) is 10.9. The molecule has 3 fully saturated rings. The Kier molecular flexibility index (Phi) is 7.09. The van der Waals surface area contributed by atoms with E-state index in [4.69, 9.17) is 9.47 Å². The van der Waals surface area contributed by atoms with Gasteiger partial charge in [0.2, 0.25) is 5.95 Å². The number of hydrogen-bond acceptors (Lipinski definition) is 8. The molecule has 2 saturated heterocycles. The van der Waals surface area contributed by atoms with Crippen LogP contribution < -0.4 is 15.4 Å². The summed E-state index contributed by atoms with van der Waals surface area (Å²) in [6.45, 7) is 5.34. The molecule has 0 radical (unpaired) electrons. The highest BCUT2D eigenvalue weighted by Crippen LogP contribution is 2.41. The molecule has 42 heavy (non-hydrogen) atoms. The smallest absolute Gasteiger partial charge is 0.418 e. The number of rotatable bonds is 6. The first-order valence-corrected chi connectivity index (χ1v) is 14.7. The Bertz CT molecular complexity index is 1480. The maximum atomic E-state index is 13.7. The molecule has 224 valence electrons. The van der Waals surface area contributed by atoms with Crippen molar-refractivity contribution < 1.29 is 27.4 Å². The molecule has 1 aromatic carbocycles. The number of ether oxygens (including phenoxy) is 2. The highest BCUT2D eigenvalue weighted by atomic mass is 19.4. The molecule has 0 unspecified atom stereocenters. The van der Waals surface area contributed by atoms with E-state index in [1.54, 1.807) is 6.07 Å². The number of alkyl halides is 3. The van der Waals surface area contributed by atoms with Gasteiger partial charge in [0, 0.05) is 55.6 Å². The zero-order valence-corrected chi connectivity index (χ0v) is 23.2. The lowest BCUT2D eigenvalue weighted by molar-refractivity contribution is -0.136. The van der Waals surface area contributed by atoms with Gasteiger partial charge in [0.15, 0.2) is 0 Å². The highest BCUT2D eigenvalue weighted by molar-refractivity contribution is 5.98. The van der Waals surface area contributed by atoms with E-state index in [1.807, 2.05) is 11.0 Å². The number of fused-ring (bicyclic) bond motifs is 2. The number of hydrogen-bond donors (Lipinski definition) is 3. The molecular formula is C29H34F3N7O3. The van der Waals surface area contributed by atoms with Crippen molar-refractivity contribution in [1.82, 2.24) is 24.8 Å². The molecule has 0 atom stereocenters. The summed E-state index contributed by atoms with van der Waals surface area (Å²) < 4.78 is 52.6. The second-order valence-electron chi connectivity index (χ2n) is 11.5. The summed E-state index contributed by atoms with van der Waals surface area (Å²) in [6, 6.07) is 4.15. The largest absolute Gasteiger partial charge is 0.491 e. The quantitative estimate of drug-likeness (QED) is 0.387. The number of H-pyrrole nitrogens is 1. The van der Waals surface area contributed by atoms with Crippen LogP contribution in [-0.2, 0) is 17.3 Å². The number of likely N-dealkylation sites (tertiary alicyclic amines) is 1. The van der Waals surface area contributed by atoms with Gasteiger partial charge in [-0.15, -0.1) is 0 Å². The summed E-state index contributed by atoms with van der Waals surface area (Å²) in [6.07, 6.45) is 1.50. The van der Waals surface area contributed by atoms with Crippen LogP contribution in [-0.4, -0.2) is 88.7 Å². The molecule has 4 aliphatic rings. The van der Waals surface area contributed by atoms with Crippen molar-refractivity contribution in [2.45, 2.75) is 56.8 Å². The van der Waals surface area contributed by atoms with E-state index in [0.717, 1.165) is 70.2 Å². The minimum atomic E-state index is -4.54. The van der Waals surface area contributed by atoms with Crippen molar-refractivity contribution in [3.05, 3.63) is 35.0 Å². The Hall–Kier alpha value is -3.58. The fraction of sp³-hybridized carbons (Fsp3) is 0.552. The van der Waals surface area contributed by atoms with E-state index in [1.165, 1.54) is 0 Å². The minimum Gasteiger partial charge on any atom is -0.491 e. The van der Waals surface area contributed by atoms with Crippen LogP contribution in [0.2, 0.25) is 0 Å². The van der Waals surface area contributed by atoms with Gasteiger partial charge in [0.05, 0.1) is 36.5 Å². The van der Waals surface area contributed by atoms with Crippen molar-refractivity contribution in [2.24, 2.45) is 0 Å². The van der Waals surface area contributed by atoms with Gasteiger partial charge in [-0.1, -0.05) is 0 Å². The van der Waals surface area contributed by atoms with Crippen LogP contribution in [0.4, 0.5) is 30.6 Å². The maximum absolute atomic E-state index is 13.7. The first kappa shape index (κ1) is 27.3. The predicted octanol–water partition coefficient (Wildman–Crippen LogP) is 4.56. The van der Waals surface area contributed by atoms with Crippen LogP contribution in [0.3, 0.4) is 0 Å². The summed E-state index contributed by atoms with van der Waals surface area (Å²) >= 11 is 0. The zero-order chi connectivity index (χ0) is 28.8. The Balaban J connectivity index is 1.14. The van der Waals surface area contributed by atoms with Gasteiger partial charge < -0.3 is 30.0 Å². The third-order valence-corrected chi connectivity index (χ3v) is 8.62. The highest BCUT2D eigenvalue weighted by Gasteiger charge is 2.37. The van der Waals surface area contributed by atoms with Crippen LogP contribution in [0.15, 0.2) is 18.3 Å². The number of piperidine rings is 1. The lowest BCUT2D eigenvalue weighted by Gasteiger charge is -2.40. The summed E-state index contributed by atoms with van der Waals surface area (Å²) in [7, 11) is 0. The molecule has 2 aromatic heterocycles. The van der Waals surface area contributed by atoms with Crippen LogP contribution >= 0.6 is 0 Å². The summed E-state index contributed by atoms with van der Waals surface area (Å²) in [5, 5.41) is 6.22. The zero-order valence-electron chi connectivity index (χ0n) is 23.2. The fourth-order valence-electron chi connectivity index (χ4n) is 6.27. The number of benzene rings is 1. The van der Waals surface area contributed by atoms with Gasteiger partial charge in [-0.2, -0.15) is 23.1 Å². The lowest BCUT2D eigenvalue weighted by atomic mass is 9.96. The Labute approximate surface area is 241 Å². The third-order valence-electron chi connectivity index (χ3n) is 8.62. The van der Waals surface area contributed by atoms with Gasteiger partial charge in [-0.25, -0.2) is 0 Å². The van der Waals surface area contributed by atoms with Crippen molar-refractivity contribution in [2.75, 3.05) is 56.6 Å². The Morgan fingerprint density at radius 3 is 2.55 bits per heavy atom. The number of morpholine rings is 1. The number of amides is 1. The lowest BCUT2D eigenvalue weighted by Crippen LogP contribution is -2.50. The van der Waals surface area contributed by atoms with Gasteiger partial charge in [-0.3, -0.25) is 9.69 Å². The first-order valence-electron chi connectivity index (χ1n) is 14.7. The van der Waals surface area contributed by atoms with Gasteiger partial charge >= 0.3 is 6.18 Å². The molecule has 3 N–H and O–H groups in total. The SMILES string of the molecule is O=C(c1ccc(Nc2nc(NC3CC3)c3c(C(F)(F)F)c[nH]c3n2)c2c1CCCO2)N1CCC(N2CCOCC2)CC1. The van der Waals surface area contributed by atoms with Crippen LogP contribution in [0, 0.1) is 0 Å². The van der Waals surface area contributed by atoms with Gasteiger partial charge in [-0.05, 0) is 50.7 Å². The molecule has 0 bridgehead atoms. The number of carbonyl (C=O) groups excluding carboxylic acids is 1. The number of nitrogens with one attached hydrogen (secondary N) is 3. The van der Waals surface area contributed by atoms with Crippen molar-refractivity contribution >= 4 is 34.4 Å². The predicted molar refractivity (Wildman–Crippen MR) is 150 cm³/mol. The van der Waals surface area contributed by atoms with Crippen molar-refractivity contribution in [3.8, 4) is 5.75 Å². The Morgan fingerprint density at radius 2 is 1.81 bits per heavy atom. The topological polar surface area (TPSA) is 108 Å². The molecule has 1 saturated carbocycles. The van der Waals surface area contributed by atoms with Gasteiger partial charge in [0.25, 0.3) is 5.91 Å². The molecule has 3 aromatic rings. The molecule has 7 rings (SSSR count). The van der Waals surface area contributed by atoms with Crippen molar-refractivity contribution in [1.29, 1.82) is 0 Å². The summed E-state index contributed by atoms with van der Waals surface area (Å²) in [5.74, 6) is 0.851. The second-order valence-corrected chi connectivity index (χ2v) is 11.5. The van der Waals surface area contributed by atoms with Crippen LogP contribution in [0.1, 0.15) is 53.6 Å². The molecule has 1 amide bonds. The number of aromatic amines is 1. The average Bonchev–Trinajstić information content (AvgIpc) is 3.71. The van der Waals surface area contributed by atoms with E-state index in [2.05, 4.69) is 30.5 Å². The number of carbonyl (C=O) groups is 1. The van der Waals surface area contributed by atoms with Crippen molar-refractivity contribution in [3.63, 3.8) is 0 Å². The molecule has 3 aliphatic heterocycles. The van der Waals surface area contributed by atoms with E-state index < -0.39 is 11.7 Å². The van der Waals surface area contributed by atoms with Crippen LogP contribution in [0.5, 0.6) is 5.75 Å². The third kappa shape index (κ3) is 5.35. The first-order chi connectivity index (χ1) is 20.3.